The van der Waals surface area contributed by atoms with E-state index in [1.807, 2.05) is 19.2 Å². The van der Waals surface area contributed by atoms with Crippen molar-refractivity contribution in [1.82, 2.24) is 10.2 Å². The van der Waals surface area contributed by atoms with Gasteiger partial charge in [-0.1, -0.05) is 12.1 Å². The van der Waals surface area contributed by atoms with Crippen molar-refractivity contribution in [2.45, 2.75) is 13.0 Å². The van der Waals surface area contributed by atoms with E-state index in [9.17, 15) is 4.79 Å². The average Bonchev–Trinajstić information content (AvgIpc) is 2.34. The summed E-state index contributed by atoms with van der Waals surface area (Å²) in [5, 5.41) is 11.9. The Morgan fingerprint density at radius 1 is 1.44 bits per heavy atom. The summed E-state index contributed by atoms with van der Waals surface area (Å²) in [4.78, 5) is 13.7. The van der Waals surface area contributed by atoms with Crippen LogP contribution in [0, 0.1) is 17.2 Å². The summed E-state index contributed by atoms with van der Waals surface area (Å²) in [6.45, 7) is 2.51. The van der Waals surface area contributed by atoms with Crippen LogP contribution in [-0.4, -0.2) is 30.9 Å². The number of carbonyl (C=O) groups excluding carboxylic acids is 1. The van der Waals surface area contributed by atoms with Crippen LogP contribution in [0.3, 0.4) is 0 Å². The van der Waals surface area contributed by atoms with Gasteiger partial charge in [0.1, 0.15) is 0 Å². The summed E-state index contributed by atoms with van der Waals surface area (Å²) >= 11 is 0. The Kier molecular flexibility index (Phi) is 3.96. The molecule has 0 aliphatic carbocycles. The maximum absolute atomic E-state index is 11.9. The zero-order valence-corrected chi connectivity index (χ0v) is 10.5. The lowest BCUT2D eigenvalue weighted by Gasteiger charge is -2.28. The summed E-state index contributed by atoms with van der Waals surface area (Å²) in [6, 6.07) is 9.44. The fourth-order valence-corrected chi connectivity index (χ4v) is 1.94. The van der Waals surface area contributed by atoms with Crippen molar-refractivity contribution in [2.75, 3.05) is 20.1 Å². The van der Waals surface area contributed by atoms with Gasteiger partial charge in [-0.25, -0.2) is 0 Å². The molecule has 0 radical (unpaired) electrons. The van der Waals surface area contributed by atoms with Gasteiger partial charge in [0.15, 0.2) is 0 Å². The van der Waals surface area contributed by atoms with Crippen molar-refractivity contribution in [3.63, 3.8) is 0 Å². The van der Waals surface area contributed by atoms with Crippen LogP contribution in [0.2, 0.25) is 0 Å². The molecule has 2 rings (SSSR count). The third-order valence-electron chi connectivity index (χ3n) is 3.26. The summed E-state index contributed by atoms with van der Waals surface area (Å²) in [6.07, 6.45) is 0.625. The Morgan fingerprint density at radius 3 is 2.61 bits per heavy atom. The third-order valence-corrected chi connectivity index (χ3v) is 3.26. The van der Waals surface area contributed by atoms with Crippen LogP contribution in [0.5, 0.6) is 0 Å². The van der Waals surface area contributed by atoms with Gasteiger partial charge in [-0.05, 0) is 36.7 Å². The number of nitrogens with zero attached hydrogens (tertiary/aromatic N) is 2. The van der Waals surface area contributed by atoms with E-state index in [1.54, 1.807) is 17.0 Å². The standard InChI is InChI=1S/C14H17N3O/c1-17(14(18)6-13-8-16-9-13)10-12-4-2-11(7-15)3-5-12/h2-5,13,16H,6,8-10H2,1H3. The van der Waals surface area contributed by atoms with Gasteiger partial charge in [-0.2, -0.15) is 5.26 Å². The maximum atomic E-state index is 11.9. The largest absolute Gasteiger partial charge is 0.341 e. The highest BCUT2D eigenvalue weighted by atomic mass is 16.2. The first kappa shape index (κ1) is 12.6. The van der Waals surface area contributed by atoms with E-state index >= 15 is 0 Å². The molecule has 0 aromatic heterocycles. The highest BCUT2D eigenvalue weighted by molar-refractivity contribution is 5.76. The van der Waals surface area contributed by atoms with Gasteiger partial charge in [-0.15, -0.1) is 0 Å². The van der Waals surface area contributed by atoms with Crippen molar-refractivity contribution in [1.29, 1.82) is 5.26 Å². The molecule has 0 atom stereocenters. The second-order valence-corrected chi connectivity index (χ2v) is 4.79. The molecule has 1 N–H and O–H groups in total. The van der Waals surface area contributed by atoms with E-state index in [4.69, 9.17) is 5.26 Å². The fourth-order valence-electron chi connectivity index (χ4n) is 1.94. The minimum absolute atomic E-state index is 0.186. The zero-order chi connectivity index (χ0) is 13.0. The number of nitrogens with one attached hydrogen (secondary N) is 1. The smallest absolute Gasteiger partial charge is 0.222 e. The predicted molar refractivity (Wildman–Crippen MR) is 68.6 cm³/mol. The Morgan fingerprint density at radius 2 is 2.11 bits per heavy atom. The molecule has 1 aromatic rings. The Hall–Kier alpha value is -1.86. The summed E-state index contributed by atoms with van der Waals surface area (Å²) < 4.78 is 0. The van der Waals surface area contributed by atoms with Crippen molar-refractivity contribution in [3.8, 4) is 6.07 Å². The maximum Gasteiger partial charge on any atom is 0.222 e. The number of benzene rings is 1. The Balaban J connectivity index is 1.87. The van der Waals surface area contributed by atoms with Gasteiger partial charge >= 0.3 is 0 Å². The lowest BCUT2D eigenvalue weighted by Crippen LogP contribution is -2.44. The lowest BCUT2D eigenvalue weighted by atomic mass is 9.98. The lowest BCUT2D eigenvalue weighted by molar-refractivity contribution is -0.131. The number of hydrogen-bond donors (Lipinski definition) is 1. The molecular formula is C14H17N3O. The van der Waals surface area contributed by atoms with Crippen molar-refractivity contribution < 1.29 is 4.79 Å². The van der Waals surface area contributed by atoms with Gasteiger partial charge in [0.25, 0.3) is 0 Å². The number of hydrogen-bond acceptors (Lipinski definition) is 3. The second-order valence-electron chi connectivity index (χ2n) is 4.79. The van der Waals surface area contributed by atoms with Crippen LogP contribution in [-0.2, 0) is 11.3 Å². The first-order chi connectivity index (χ1) is 8.69. The molecule has 0 unspecified atom stereocenters. The quantitative estimate of drug-likeness (QED) is 0.862. The van der Waals surface area contributed by atoms with Gasteiger partial charge in [0.05, 0.1) is 11.6 Å². The molecule has 0 saturated carbocycles. The molecule has 4 nitrogen and oxygen atoms in total. The molecule has 1 heterocycles. The van der Waals surface area contributed by atoms with Crippen LogP contribution < -0.4 is 5.32 Å². The first-order valence-electron chi connectivity index (χ1n) is 6.13. The molecule has 1 aromatic carbocycles. The number of rotatable bonds is 4. The Bertz CT molecular complexity index is 457. The van der Waals surface area contributed by atoms with E-state index in [0.29, 0.717) is 24.4 Å². The van der Waals surface area contributed by atoms with Crippen molar-refractivity contribution in [3.05, 3.63) is 35.4 Å². The highest BCUT2D eigenvalue weighted by Gasteiger charge is 2.21. The fraction of sp³-hybridized carbons (Fsp3) is 0.429. The van der Waals surface area contributed by atoms with Crippen LogP contribution >= 0.6 is 0 Å². The minimum Gasteiger partial charge on any atom is -0.341 e. The predicted octanol–water partition coefficient (Wildman–Crippen LogP) is 1.13. The molecule has 0 bridgehead atoms. The van der Waals surface area contributed by atoms with Gasteiger partial charge in [0.2, 0.25) is 5.91 Å². The number of amides is 1. The number of carbonyl (C=O) groups is 1. The normalized spacial score (nSPS) is 14.7. The number of nitriles is 1. The molecule has 1 saturated heterocycles. The second kappa shape index (κ2) is 5.65. The van der Waals surface area contributed by atoms with Gasteiger partial charge in [-0.3, -0.25) is 4.79 Å². The molecule has 0 spiro atoms. The van der Waals surface area contributed by atoms with Crippen LogP contribution in [0.4, 0.5) is 0 Å². The van der Waals surface area contributed by atoms with Crippen molar-refractivity contribution in [2.24, 2.45) is 5.92 Å². The minimum atomic E-state index is 0.186. The van der Waals surface area contributed by atoms with Crippen LogP contribution in [0.1, 0.15) is 17.5 Å². The molecule has 1 amide bonds. The molecule has 18 heavy (non-hydrogen) atoms. The molecule has 1 aliphatic rings. The summed E-state index contributed by atoms with van der Waals surface area (Å²) in [5.41, 5.74) is 1.70. The summed E-state index contributed by atoms with van der Waals surface area (Å²) in [5.74, 6) is 0.687. The van der Waals surface area contributed by atoms with E-state index < -0.39 is 0 Å². The third kappa shape index (κ3) is 3.08. The molecule has 1 fully saturated rings. The van der Waals surface area contributed by atoms with E-state index in [0.717, 1.165) is 18.7 Å². The van der Waals surface area contributed by atoms with E-state index in [1.165, 1.54) is 0 Å². The SMILES string of the molecule is CN(Cc1ccc(C#N)cc1)C(=O)CC1CNC1. The molecule has 94 valence electrons. The summed E-state index contributed by atoms with van der Waals surface area (Å²) in [7, 11) is 1.83. The average molecular weight is 243 g/mol. The molecule has 4 heteroatoms. The first-order valence-corrected chi connectivity index (χ1v) is 6.13. The van der Waals surface area contributed by atoms with Crippen LogP contribution in [0.15, 0.2) is 24.3 Å². The molecule has 1 aliphatic heterocycles. The van der Waals surface area contributed by atoms with Gasteiger partial charge in [0, 0.05) is 20.0 Å². The topological polar surface area (TPSA) is 56.1 Å². The van der Waals surface area contributed by atoms with Crippen molar-refractivity contribution >= 4 is 5.91 Å². The van der Waals surface area contributed by atoms with Crippen LogP contribution in [0.25, 0.3) is 0 Å². The zero-order valence-electron chi connectivity index (χ0n) is 10.5. The van der Waals surface area contributed by atoms with Gasteiger partial charge < -0.3 is 10.2 Å². The molecular weight excluding hydrogens is 226 g/mol. The van der Waals surface area contributed by atoms with E-state index in [-0.39, 0.29) is 5.91 Å². The monoisotopic (exact) mass is 243 g/mol. The highest BCUT2D eigenvalue weighted by Crippen LogP contribution is 2.12. The Labute approximate surface area is 107 Å². The van der Waals surface area contributed by atoms with E-state index in [2.05, 4.69) is 11.4 Å².